The summed E-state index contributed by atoms with van der Waals surface area (Å²) in [4.78, 5) is 11.2. The van der Waals surface area contributed by atoms with Crippen LogP contribution in [0, 0.1) is 6.92 Å². The molecule has 3 heterocycles. The van der Waals surface area contributed by atoms with Crippen molar-refractivity contribution in [3.05, 3.63) is 70.3 Å². The van der Waals surface area contributed by atoms with E-state index in [1.54, 1.807) is 6.20 Å². The standard InChI is InChI=1S/C21H23N3OS/c1-14-4-6-15(7-5-14)11-17-8-9-18(26-17)12-16-13-20(25-24-16)19-3-2-10-23-21(19)22/h2-7,9-10,17,20H,8,11-13H2,1H3,(H2,22,23). The number of nitrogens with two attached hydrogens (primary N) is 1. The van der Waals surface area contributed by atoms with E-state index >= 15 is 0 Å². The highest BCUT2D eigenvalue weighted by Gasteiger charge is 2.27. The van der Waals surface area contributed by atoms with Gasteiger partial charge in [0.15, 0.2) is 6.10 Å². The van der Waals surface area contributed by atoms with Crippen LogP contribution in [0.1, 0.15) is 42.1 Å². The Kier molecular flexibility index (Phi) is 4.98. The Morgan fingerprint density at radius 2 is 2.08 bits per heavy atom. The predicted molar refractivity (Wildman–Crippen MR) is 108 cm³/mol. The normalized spacial score (nSPS) is 22.0. The van der Waals surface area contributed by atoms with E-state index in [2.05, 4.69) is 47.4 Å². The zero-order valence-electron chi connectivity index (χ0n) is 14.9. The summed E-state index contributed by atoms with van der Waals surface area (Å²) in [5.41, 5.74) is 10.7. The van der Waals surface area contributed by atoms with Gasteiger partial charge in [0.1, 0.15) is 5.82 Å². The van der Waals surface area contributed by atoms with Crippen LogP contribution in [-0.2, 0) is 11.3 Å². The molecular weight excluding hydrogens is 342 g/mol. The molecule has 0 saturated heterocycles. The van der Waals surface area contributed by atoms with Gasteiger partial charge in [-0.2, -0.15) is 0 Å². The third-order valence-electron chi connectivity index (χ3n) is 4.84. The average molecular weight is 366 g/mol. The Morgan fingerprint density at radius 3 is 2.88 bits per heavy atom. The highest BCUT2D eigenvalue weighted by molar-refractivity contribution is 8.03. The predicted octanol–water partition coefficient (Wildman–Crippen LogP) is 4.81. The first-order chi connectivity index (χ1) is 12.7. The molecule has 2 unspecified atom stereocenters. The molecule has 0 aliphatic carbocycles. The number of nitrogens with zero attached hydrogens (tertiary/aromatic N) is 2. The fourth-order valence-corrected chi connectivity index (χ4v) is 4.74. The molecule has 1 aromatic heterocycles. The molecule has 1 aromatic carbocycles. The molecule has 0 fully saturated rings. The van der Waals surface area contributed by atoms with Gasteiger partial charge in [-0.1, -0.05) is 41.1 Å². The number of hydrogen-bond donors (Lipinski definition) is 1. The lowest BCUT2D eigenvalue weighted by Gasteiger charge is -2.11. The highest BCUT2D eigenvalue weighted by Crippen LogP contribution is 2.39. The van der Waals surface area contributed by atoms with E-state index in [1.165, 1.54) is 16.0 Å². The number of aryl methyl sites for hydroxylation is 1. The second-order valence-electron chi connectivity index (χ2n) is 6.95. The minimum Gasteiger partial charge on any atom is -0.387 e. The molecular formula is C21H23N3OS. The van der Waals surface area contributed by atoms with Crippen LogP contribution in [0.4, 0.5) is 5.82 Å². The van der Waals surface area contributed by atoms with E-state index in [-0.39, 0.29) is 6.10 Å². The number of thioether (sulfide) groups is 1. The van der Waals surface area contributed by atoms with Gasteiger partial charge < -0.3 is 10.6 Å². The first-order valence-electron chi connectivity index (χ1n) is 9.00. The van der Waals surface area contributed by atoms with Crippen molar-refractivity contribution in [1.82, 2.24) is 4.98 Å². The number of benzene rings is 1. The van der Waals surface area contributed by atoms with Crippen molar-refractivity contribution in [1.29, 1.82) is 0 Å². The number of pyridine rings is 1. The first-order valence-corrected chi connectivity index (χ1v) is 9.88. The fraction of sp³-hybridized carbons (Fsp3) is 0.333. The number of aromatic nitrogens is 1. The molecule has 26 heavy (non-hydrogen) atoms. The van der Waals surface area contributed by atoms with Crippen LogP contribution in [0.25, 0.3) is 0 Å². The number of nitrogen functional groups attached to an aromatic ring is 1. The SMILES string of the molecule is Cc1ccc(CC2CC=C(CC3=NOC(c4cccnc4N)C3)S2)cc1. The molecule has 2 atom stereocenters. The van der Waals surface area contributed by atoms with Crippen LogP contribution < -0.4 is 5.73 Å². The summed E-state index contributed by atoms with van der Waals surface area (Å²) in [5, 5.41) is 4.92. The highest BCUT2D eigenvalue weighted by atomic mass is 32.2. The van der Waals surface area contributed by atoms with E-state index in [0.29, 0.717) is 11.1 Å². The van der Waals surface area contributed by atoms with Crippen LogP contribution in [0.5, 0.6) is 0 Å². The second kappa shape index (κ2) is 7.54. The van der Waals surface area contributed by atoms with Gasteiger partial charge in [0.2, 0.25) is 0 Å². The van der Waals surface area contributed by atoms with E-state index in [4.69, 9.17) is 10.6 Å². The molecule has 4 nitrogen and oxygen atoms in total. The zero-order valence-corrected chi connectivity index (χ0v) is 15.7. The van der Waals surface area contributed by atoms with Crippen LogP contribution >= 0.6 is 11.8 Å². The number of rotatable bonds is 5. The van der Waals surface area contributed by atoms with Gasteiger partial charge in [-0.3, -0.25) is 0 Å². The zero-order chi connectivity index (χ0) is 17.9. The van der Waals surface area contributed by atoms with Crippen molar-refractivity contribution in [2.45, 2.75) is 44.0 Å². The van der Waals surface area contributed by atoms with Gasteiger partial charge in [-0.25, -0.2) is 4.98 Å². The smallest absolute Gasteiger partial charge is 0.161 e. The third-order valence-corrected chi connectivity index (χ3v) is 6.14. The van der Waals surface area contributed by atoms with Gasteiger partial charge in [0.05, 0.1) is 5.71 Å². The maximum absolute atomic E-state index is 5.95. The summed E-state index contributed by atoms with van der Waals surface area (Å²) in [5.74, 6) is 0.529. The molecule has 0 spiro atoms. The number of anilines is 1. The summed E-state index contributed by atoms with van der Waals surface area (Å²) in [7, 11) is 0. The molecule has 0 saturated carbocycles. The first kappa shape index (κ1) is 17.2. The molecule has 134 valence electrons. The van der Waals surface area contributed by atoms with Gasteiger partial charge in [0.25, 0.3) is 0 Å². The molecule has 0 bridgehead atoms. The minimum atomic E-state index is -0.103. The average Bonchev–Trinajstić information content (AvgIpc) is 3.27. The Bertz CT molecular complexity index is 845. The molecule has 2 aliphatic rings. The minimum absolute atomic E-state index is 0.103. The summed E-state index contributed by atoms with van der Waals surface area (Å²) in [6, 6.07) is 12.7. The van der Waals surface area contributed by atoms with Crippen LogP contribution in [-0.4, -0.2) is 15.9 Å². The summed E-state index contributed by atoms with van der Waals surface area (Å²) in [6.07, 6.45) is 7.86. The fourth-order valence-electron chi connectivity index (χ4n) is 3.40. The molecule has 2 aromatic rings. The molecule has 2 aliphatic heterocycles. The van der Waals surface area contributed by atoms with Crippen LogP contribution in [0.15, 0.2) is 58.7 Å². The Morgan fingerprint density at radius 1 is 1.23 bits per heavy atom. The topological polar surface area (TPSA) is 60.5 Å². The van der Waals surface area contributed by atoms with Crippen LogP contribution in [0.3, 0.4) is 0 Å². The van der Waals surface area contributed by atoms with E-state index < -0.39 is 0 Å². The Balaban J connectivity index is 1.29. The van der Waals surface area contributed by atoms with Crippen molar-refractivity contribution in [3.63, 3.8) is 0 Å². The summed E-state index contributed by atoms with van der Waals surface area (Å²) < 4.78 is 0. The van der Waals surface area contributed by atoms with Gasteiger partial charge in [-0.15, -0.1) is 11.8 Å². The van der Waals surface area contributed by atoms with E-state index in [9.17, 15) is 0 Å². The monoisotopic (exact) mass is 365 g/mol. The van der Waals surface area contributed by atoms with E-state index in [0.717, 1.165) is 37.0 Å². The lowest BCUT2D eigenvalue weighted by molar-refractivity contribution is 0.0860. The van der Waals surface area contributed by atoms with E-state index in [1.807, 2.05) is 23.9 Å². The molecule has 5 heteroatoms. The van der Waals surface area contributed by atoms with Crippen molar-refractivity contribution in [2.24, 2.45) is 5.16 Å². The van der Waals surface area contributed by atoms with Crippen LogP contribution in [0.2, 0.25) is 0 Å². The summed E-state index contributed by atoms with van der Waals surface area (Å²) in [6.45, 7) is 2.13. The second-order valence-corrected chi connectivity index (χ2v) is 8.37. The molecule has 0 amide bonds. The number of oxime groups is 1. The van der Waals surface area contributed by atoms with Gasteiger partial charge in [0, 0.05) is 29.9 Å². The lowest BCUT2D eigenvalue weighted by Crippen LogP contribution is -2.05. The third kappa shape index (κ3) is 3.93. The number of hydrogen-bond acceptors (Lipinski definition) is 5. The molecule has 4 rings (SSSR count). The van der Waals surface area contributed by atoms with Crippen molar-refractivity contribution >= 4 is 23.3 Å². The maximum Gasteiger partial charge on any atom is 0.161 e. The maximum atomic E-state index is 5.95. The summed E-state index contributed by atoms with van der Waals surface area (Å²) >= 11 is 1.98. The van der Waals surface area contributed by atoms with Crippen molar-refractivity contribution in [2.75, 3.05) is 5.73 Å². The van der Waals surface area contributed by atoms with Crippen molar-refractivity contribution in [3.8, 4) is 0 Å². The lowest BCUT2D eigenvalue weighted by atomic mass is 10.0. The largest absolute Gasteiger partial charge is 0.387 e. The number of allylic oxidation sites excluding steroid dienone is 2. The van der Waals surface area contributed by atoms with Gasteiger partial charge in [-0.05, 0) is 42.4 Å². The Hall–Kier alpha value is -2.27. The van der Waals surface area contributed by atoms with Crippen molar-refractivity contribution < 1.29 is 4.84 Å². The molecule has 0 radical (unpaired) electrons. The van der Waals surface area contributed by atoms with Gasteiger partial charge >= 0.3 is 0 Å². The molecule has 2 N–H and O–H groups in total. The Labute approximate surface area is 158 Å². The quantitative estimate of drug-likeness (QED) is 0.826.